The number of carbonyl (C=O) groups is 1. The fourth-order valence-corrected chi connectivity index (χ4v) is 4.63. The summed E-state index contributed by atoms with van der Waals surface area (Å²) >= 11 is 0. The predicted octanol–water partition coefficient (Wildman–Crippen LogP) is 4.36. The third-order valence-electron chi connectivity index (χ3n) is 6.33. The van der Waals surface area contributed by atoms with E-state index in [-0.39, 0.29) is 17.3 Å². The Hall–Kier alpha value is -1.39. The van der Waals surface area contributed by atoms with Crippen LogP contribution in [-0.2, 0) is 19.9 Å². The molecule has 136 valence electrons. The summed E-state index contributed by atoms with van der Waals surface area (Å²) in [5, 5.41) is 0. The molecule has 4 heteroatoms. The van der Waals surface area contributed by atoms with Crippen molar-refractivity contribution in [3.63, 3.8) is 0 Å². The number of ether oxygens (including phenoxy) is 3. The quantitative estimate of drug-likeness (QED) is 0.720. The lowest BCUT2D eigenvalue weighted by Gasteiger charge is -2.53. The molecular formula is C21H28O4. The number of hydrogen-bond acceptors (Lipinski definition) is 4. The SMILES string of the molecule is O=CCCC12CCC(c3cccc(OC4CCCCO4)c3)(CC1)OC2. The lowest BCUT2D eigenvalue weighted by atomic mass is 9.62. The third kappa shape index (κ3) is 3.47. The van der Waals surface area contributed by atoms with E-state index in [9.17, 15) is 4.79 Å². The molecule has 5 rings (SSSR count). The maximum atomic E-state index is 10.7. The molecule has 25 heavy (non-hydrogen) atoms. The van der Waals surface area contributed by atoms with Gasteiger partial charge >= 0.3 is 0 Å². The Balaban J connectivity index is 1.45. The van der Waals surface area contributed by atoms with Crippen LogP contribution < -0.4 is 4.74 Å². The van der Waals surface area contributed by atoms with Gasteiger partial charge in [0, 0.05) is 12.8 Å². The first kappa shape index (κ1) is 17.0. The van der Waals surface area contributed by atoms with Gasteiger partial charge in [-0.3, -0.25) is 0 Å². The van der Waals surface area contributed by atoms with Crippen LogP contribution in [0.15, 0.2) is 24.3 Å². The van der Waals surface area contributed by atoms with Crippen molar-refractivity contribution in [2.24, 2.45) is 5.41 Å². The first-order valence-corrected chi connectivity index (χ1v) is 9.70. The molecule has 2 bridgehead atoms. The van der Waals surface area contributed by atoms with Crippen LogP contribution in [0, 0.1) is 5.41 Å². The number of fused-ring (bicyclic) bond motifs is 3. The highest BCUT2D eigenvalue weighted by atomic mass is 16.7. The van der Waals surface area contributed by atoms with Gasteiger partial charge in [0.2, 0.25) is 0 Å². The number of aldehydes is 1. The topological polar surface area (TPSA) is 44.8 Å². The van der Waals surface area contributed by atoms with Crippen LogP contribution in [-0.4, -0.2) is 25.8 Å². The van der Waals surface area contributed by atoms with E-state index in [4.69, 9.17) is 14.2 Å². The smallest absolute Gasteiger partial charge is 0.199 e. The molecule has 0 aromatic heterocycles. The van der Waals surface area contributed by atoms with Gasteiger partial charge in [0.25, 0.3) is 0 Å². The number of hydrogen-bond donors (Lipinski definition) is 0. The molecule has 1 aromatic carbocycles. The zero-order valence-corrected chi connectivity index (χ0v) is 14.9. The van der Waals surface area contributed by atoms with Gasteiger partial charge in [0.1, 0.15) is 12.0 Å². The van der Waals surface area contributed by atoms with E-state index >= 15 is 0 Å². The summed E-state index contributed by atoms with van der Waals surface area (Å²) in [6.07, 6.45) is 10.2. The van der Waals surface area contributed by atoms with Gasteiger partial charge in [-0.2, -0.15) is 0 Å². The molecule has 0 radical (unpaired) electrons. The van der Waals surface area contributed by atoms with Crippen molar-refractivity contribution in [1.29, 1.82) is 0 Å². The Bertz CT molecular complexity index is 581. The molecule has 1 atom stereocenters. The molecule has 3 aliphatic heterocycles. The van der Waals surface area contributed by atoms with E-state index in [2.05, 4.69) is 18.2 Å². The van der Waals surface area contributed by atoms with Crippen LogP contribution >= 0.6 is 0 Å². The molecular weight excluding hydrogens is 316 g/mol. The third-order valence-corrected chi connectivity index (χ3v) is 6.33. The second-order valence-electron chi connectivity index (χ2n) is 7.93. The van der Waals surface area contributed by atoms with Crippen LogP contribution in [0.4, 0.5) is 0 Å². The van der Waals surface area contributed by atoms with Crippen molar-refractivity contribution in [2.45, 2.75) is 69.7 Å². The first-order chi connectivity index (χ1) is 12.2. The largest absolute Gasteiger partial charge is 0.465 e. The molecule has 0 amide bonds. The van der Waals surface area contributed by atoms with Crippen LogP contribution in [0.25, 0.3) is 0 Å². The van der Waals surface area contributed by atoms with Crippen LogP contribution in [0.2, 0.25) is 0 Å². The van der Waals surface area contributed by atoms with Gasteiger partial charge in [0.05, 0.1) is 18.8 Å². The van der Waals surface area contributed by atoms with Gasteiger partial charge in [-0.1, -0.05) is 12.1 Å². The van der Waals surface area contributed by atoms with Crippen molar-refractivity contribution < 1.29 is 19.0 Å². The van der Waals surface area contributed by atoms with Crippen molar-refractivity contribution in [1.82, 2.24) is 0 Å². The normalized spacial score (nSPS) is 34.6. The summed E-state index contributed by atoms with van der Waals surface area (Å²) in [6.45, 7) is 1.57. The minimum atomic E-state index is -0.171. The maximum Gasteiger partial charge on any atom is 0.199 e. The van der Waals surface area contributed by atoms with Gasteiger partial charge in [-0.15, -0.1) is 0 Å². The maximum absolute atomic E-state index is 10.7. The molecule has 1 aliphatic carbocycles. The minimum Gasteiger partial charge on any atom is -0.465 e. The van der Waals surface area contributed by atoms with E-state index in [1.54, 1.807) is 0 Å². The molecule has 1 aromatic rings. The van der Waals surface area contributed by atoms with Gasteiger partial charge in [-0.25, -0.2) is 0 Å². The molecule has 4 aliphatic rings. The summed E-state index contributed by atoms with van der Waals surface area (Å²) in [7, 11) is 0. The Morgan fingerprint density at radius 3 is 2.76 bits per heavy atom. The highest BCUT2D eigenvalue weighted by molar-refractivity contribution is 5.49. The standard InChI is InChI=1S/C21H28O4/c22-13-4-8-20-9-11-21(12-10-20,24-16-20)17-5-3-6-18(15-17)25-19-7-1-2-14-23-19/h3,5-6,13,15,19H,1-2,4,7-12,14,16H2. The summed E-state index contributed by atoms with van der Waals surface area (Å²) in [6, 6.07) is 8.38. The molecule has 4 fully saturated rings. The zero-order chi connectivity index (χ0) is 17.2. The number of rotatable bonds is 6. The van der Waals surface area contributed by atoms with Crippen molar-refractivity contribution >= 4 is 6.29 Å². The highest BCUT2D eigenvalue weighted by Crippen LogP contribution is 2.55. The molecule has 3 heterocycles. The lowest BCUT2D eigenvalue weighted by molar-refractivity contribution is -0.191. The number of carbonyl (C=O) groups excluding carboxylic acids is 1. The zero-order valence-electron chi connectivity index (χ0n) is 14.9. The van der Waals surface area contributed by atoms with Crippen LogP contribution in [0.1, 0.15) is 63.4 Å². The number of benzene rings is 1. The minimum absolute atomic E-state index is 0.115. The van der Waals surface area contributed by atoms with E-state index in [1.165, 1.54) is 12.0 Å². The van der Waals surface area contributed by atoms with E-state index < -0.39 is 0 Å². The Kier molecular flexibility index (Phi) is 4.83. The summed E-state index contributed by atoms with van der Waals surface area (Å²) in [5.41, 5.74) is 1.28. The Morgan fingerprint density at radius 1 is 1.20 bits per heavy atom. The molecule has 0 N–H and O–H groups in total. The molecule has 3 saturated heterocycles. The van der Waals surface area contributed by atoms with E-state index in [1.807, 2.05) is 6.07 Å². The molecule has 0 spiro atoms. The second kappa shape index (κ2) is 7.08. The highest BCUT2D eigenvalue weighted by Gasteiger charge is 2.50. The average Bonchev–Trinajstić information content (AvgIpc) is 2.69. The molecule has 4 nitrogen and oxygen atoms in total. The Morgan fingerprint density at radius 2 is 2.08 bits per heavy atom. The molecule has 1 unspecified atom stereocenters. The fraction of sp³-hybridized carbons (Fsp3) is 0.667. The Labute approximate surface area is 149 Å². The summed E-state index contributed by atoms with van der Waals surface area (Å²) in [4.78, 5) is 10.7. The van der Waals surface area contributed by atoms with Gasteiger partial charge < -0.3 is 19.0 Å². The van der Waals surface area contributed by atoms with Crippen molar-refractivity contribution in [3.8, 4) is 5.75 Å². The van der Waals surface area contributed by atoms with Crippen molar-refractivity contribution in [3.05, 3.63) is 29.8 Å². The van der Waals surface area contributed by atoms with E-state index in [0.29, 0.717) is 6.42 Å². The summed E-state index contributed by atoms with van der Waals surface area (Å²) < 4.78 is 18.1. The predicted molar refractivity (Wildman–Crippen MR) is 94.5 cm³/mol. The van der Waals surface area contributed by atoms with E-state index in [0.717, 1.165) is 70.2 Å². The molecule has 1 saturated carbocycles. The van der Waals surface area contributed by atoms with Crippen LogP contribution in [0.5, 0.6) is 5.75 Å². The van der Waals surface area contributed by atoms with Gasteiger partial charge in [0.15, 0.2) is 6.29 Å². The summed E-state index contributed by atoms with van der Waals surface area (Å²) in [5.74, 6) is 0.880. The first-order valence-electron chi connectivity index (χ1n) is 9.70. The lowest BCUT2D eigenvalue weighted by Crippen LogP contribution is -2.49. The van der Waals surface area contributed by atoms with Crippen LogP contribution in [0.3, 0.4) is 0 Å². The second-order valence-corrected chi connectivity index (χ2v) is 7.93. The fourth-order valence-electron chi connectivity index (χ4n) is 4.63. The monoisotopic (exact) mass is 344 g/mol. The van der Waals surface area contributed by atoms with Crippen molar-refractivity contribution in [2.75, 3.05) is 13.2 Å². The van der Waals surface area contributed by atoms with Gasteiger partial charge in [-0.05, 0) is 68.1 Å². The average molecular weight is 344 g/mol.